The van der Waals surface area contributed by atoms with Gasteiger partial charge < -0.3 is 5.32 Å². The fraction of sp³-hybridized carbons (Fsp3) is 0.647. The summed E-state index contributed by atoms with van der Waals surface area (Å²) in [7, 11) is 0. The Morgan fingerprint density at radius 3 is 2.58 bits per heavy atom. The summed E-state index contributed by atoms with van der Waals surface area (Å²) in [6.45, 7) is 3.30. The molecule has 1 nitrogen and oxygen atoms in total. The summed E-state index contributed by atoms with van der Waals surface area (Å²) in [5.41, 5.74) is 1.22. The Bertz CT molecular complexity index is 356. The number of unbranched alkanes of at least 4 members (excludes halogenated alkanes) is 1. The standard InChI is InChI=1S/C17H26FN/c1-2-3-6-17(15-9-11-16(18)12-10-15)19-13-4-5-14-7-8-14/h9-12,14,17,19H,2-8,13H2,1H3. The Morgan fingerprint density at radius 2 is 1.95 bits per heavy atom. The van der Waals surface area contributed by atoms with Crippen molar-refractivity contribution in [3.8, 4) is 0 Å². The smallest absolute Gasteiger partial charge is 0.123 e. The summed E-state index contributed by atoms with van der Waals surface area (Å²) in [5, 5.41) is 3.65. The summed E-state index contributed by atoms with van der Waals surface area (Å²) in [5.74, 6) is 0.869. The van der Waals surface area contributed by atoms with Crippen molar-refractivity contribution in [1.29, 1.82) is 0 Å². The van der Waals surface area contributed by atoms with Gasteiger partial charge in [-0.1, -0.05) is 44.7 Å². The number of nitrogens with one attached hydrogen (secondary N) is 1. The van der Waals surface area contributed by atoms with Crippen LogP contribution in [0.5, 0.6) is 0 Å². The van der Waals surface area contributed by atoms with E-state index in [0.717, 1.165) is 18.9 Å². The van der Waals surface area contributed by atoms with Crippen LogP contribution in [0.1, 0.15) is 63.5 Å². The highest BCUT2D eigenvalue weighted by molar-refractivity contribution is 5.19. The third kappa shape index (κ3) is 5.32. The van der Waals surface area contributed by atoms with Crippen molar-refractivity contribution in [3.05, 3.63) is 35.6 Å². The molecular formula is C17H26FN. The highest BCUT2D eigenvalue weighted by Crippen LogP contribution is 2.33. The lowest BCUT2D eigenvalue weighted by Gasteiger charge is -2.19. The maximum absolute atomic E-state index is 13.0. The van der Waals surface area contributed by atoms with Gasteiger partial charge in [0.25, 0.3) is 0 Å². The summed E-state index contributed by atoms with van der Waals surface area (Å²) in [6.07, 6.45) is 9.10. The zero-order valence-electron chi connectivity index (χ0n) is 12.0. The first-order chi connectivity index (χ1) is 9.29. The molecule has 106 valence electrons. The van der Waals surface area contributed by atoms with Crippen LogP contribution in [-0.4, -0.2) is 6.54 Å². The molecule has 1 aromatic rings. The molecule has 0 bridgehead atoms. The molecule has 1 fully saturated rings. The number of benzene rings is 1. The summed E-state index contributed by atoms with van der Waals surface area (Å²) in [6, 6.07) is 7.37. The Labute approximate surface area is 116 Å². The predicted octanol–water partition coefficient (Wildman–Crippen LogP) is 4.84. The van der Waals surface area contributed by atoms with Crippen LogP contribution >= 0.6 is 0 Å². The molecule has 1 aromatic carbocycles. The van der Waals surface area contributed by atoms with E-state index in [0.29, 0.717) is 6.04 Å². The first-order valence-electron chi connectivity index (χ1n) is 7.78. The maximum Gasteiger partial charge on any atom is 0.123 e. The van der Waals surface area contributed by atoms with E-state index >= 15 is 0 Å². The van der Waals surface area contributed by atoms with E-state index in [1.54, 1.807) is 12.1 Å². The Morgan fingerprint density at radius 1 is 1.21 bits per heavy atom. The average molecular weight is 263 g/mol. The highest BCUT2D eigenvalue weighted by atomic mass is 19.1. The molecule has 0 radical (unpaired) electrons. The second-order valence-electron chi connectivity index (χ2n) is 5.79. The van der Waals surface area contributed by atoms with Crippen LogP contribution in [0.25, 0.3) is 0 Å². The lowest BCUT2D eigenvalue weighted by molar-refractivity contribution is 0.465. The molecule has 0 heterocycles. The van der Waals surface area contributed by atoms with Crippen molar-refractivity contribution in [2.24, 2.45) is 5.92 Å². The molecule has 2 heteroatoms. The summed E-state index contributed by atoms with van der Waals surface area (Å²) < 4.78 is 13.0. The van der Waals surface area contributed by atoms with Crippen LogP contribution in [-0.2, 0) is 0 Å². The molecule has 0 aromatic heterocycles. The van der Waals surface area contributed by atoms with Crippen LogP contribution in [0.3, 0.4) is 0 Å². The third-order valence-corrected chi connectivity index (χ3v) is 4.00. The van der Waals surface area contributed by atoms with Crippen LogP contribution < -0.4 is 5.32 Å². The molecule has 19 heavy (non-hydrogen) atoms. The van der Waals surface area contributed by atoms with Crippen LogP contribution in [0.15, 0.2) is 24.3 Å². The van der Waals surface area contributed by atoms with Crippen molar-refractivity contribution >= 4 is 0 Å². The normalized spacial score (nSPS) is 16.5. The van der Waals surface area contributed by atoms with Gasteiger partial charge in [-0.05, 0) is 49.4 Å². The predicted molar refractivity (Wildman–Crippen MR) is 78.6 cm³/mol. The van der Waals surface area contributed by atoms with E-state index in [4.69, 9.17) is 0 Å². The van der Waals surface area contributed by atoms with Crippen LogP contribution in [0.4, 0.5) is 4.39 Å². The molecule has 0 saturated heterocycles. The lowest BCUT2D eigenvalue weighted by Crippen LogP contribution is -2.22. The Hall–Kier alpha value is -0.890. The summed E-state index contributed by atoms with van der Waals surface area (Å²) in [4.78, 5) is 0. The van der Waals surface area contributed by atoms with Crippen molar-refractivity contribution in [1.82, 2.24) is 5.32 Å². The van der Waals surface area contributed by atoms with Gasteiger partial charge in [0.2, 0.25) is 0 Å². The second kappa shape index (κ2) is 7.64. The van der Waals surface area contributed by atoms with Crippen LogP contribution in [0.2, 0.25) is 0 Å². The van der Waals surface area contributed by atoms with E-state index in [-0.39, 0.29) is 5.82 Å². The van der Waals surface area contributed by atoms with E-state index < -0.39 is 0 Å². The minimum atomic E-state index is -0.147. The topological polar surface area (TPSA) is 12.0 Å². The molecule has 1 saturated carbocycles. The minimum absolute atomic E-state index is 0.147. The molecular weight excluding hydrogens is 237 g/mol. The van der Waals surface area contributed by atoms with Gasteiger partial charge in [-0.2, -0.15) is 0 Å². The molecule has 1 aliphatic rings. The molecule has 1 N–H and O–H groups in total. The molecule has 2 rings (SSSR count). The van der Waals surface area contributed by atoms with E-state index in [1.807, 2.05) is 12.1 Å². The zero-order valence-corrected chi connectivity index (χ0v) is 12.0. The van der Waals surface area contributed by atoms with Gasteiger partial charge in [-0.25, -0.2) is 4.39 Å². The SMILES string of the molecule is CCCCC(NCCCC1CC1)c1ccc(F)cc1. The quantitative estimate of drug-likeness (QED) is 0.629. The largest absolute Gasteiger partial charge is 0.310 e. The highest BCUT2D eigenvalue weighted by Gasteiger charge is 2.20. The molecule has 1 atom stereocenters. The van der Waals surface area contributed by atoms with E-state index in [1.165, 1.54) is 44.1 Å². The molecule has 0 spiro atoms. The molecule has 1 unspecified atom stereocenters. The van der Waals surface area contributed by atoms with E-state index in [2.05, 4.69) is 12.2 Å². The van der Waals surface area contributed by atoms with Gasteiger partial charge in [-0.15, -0.1) is 0 Å². The molecule has 0 amide bonds. The van der Waals surface area contributed by atoms with Gasteiger partial charge >= 0.3 is 0 Å². The van der Waals surface area contributed by atoms with Gasteiger partial charge in [0.1, 0.15) is 5.82 Å². The first kappa shape index (κ1) is 14.5. The fourth-order valence-electron chi connectivity index (χ4n) is 2.56. The lowest BCUT2D eigenvalue weighted by atomic mass is 10.0. The Kier molecular flexibility index (Phi) is 5.84. The number of halogens is 1. The van der Waals surface area contributed by atoms with Gasteiger partial charge in [0.15, 0.2) is 0 Å². The van der Waals surface area contributed by atoms with Gasteiger partial charge in [0, 0.05) is 6.04 Å². The third-order valence-electron chi connectivity index (χ3n) is 4.00. The van der Waals surface area contributed by atoms with Crippen molar-refractivity contribution < 1.29 is 4.39 Å². The van der Waals surface area contributed by atoms with Gasteiger partial charge in [-0.3, -0.25) is 0 Å². The average Bonchev–Trinajstić information content (AvgIpc) is 3.23. The minimum Gasteiger partial charge on any atom is -0.310 e. The van der Waals surface area contributed by atoms with Gasteiger partial charge in [0.05, 0.1) is 0 Å². The van der Waals surface area contributed by atoms with Crippen LogP contribution in [0, 0.1) is 11.7 Å². The zero-order chi connectivity index (χ0) is 13.5. The van der Waals surface area contributed by atoms with Crippen molar-refractivity contribution in [2.45, 2.75) is 57.9 Å². The number of hydrogen-bond donors (Lipinski definition) is 1. The number of rotatable bonds is 9. The monoisotopic (exact) mass is 263 g/mol. The van der Waals surface area contributed by atoms with E-state index in [9.17, 15) is 4.39 Å². The molecule has 0 aliphatic heterocycles. The summed E-state index contributed by atoms with van der Waals surface area (Å²) >= 11 is 0. The van der Waals surface area contributed by atoms with Crippen molar-refractivity contribution in [3.63, 3.8) is 0 Å². The first-order valence-corrected chi connectivity index (χ1v) is 7.78. The fourth-order valence-corrected chi connectivity index (χ4v) is 2.56. The second-order valence-corrected chi connectivity index (χ2v) is 5.79. The van der Waals surface area contributed by atoms with Crippen molar-refractivity contribution in [2.75, 3.05) is 6.54 Å². The molecule has 1 aliphatic carbocycles. The maximum atomic E-state index is 13.0. The Balaban J connectivity index is 1.80. The number of hydrogen-bond acceptors (Lipinski definition) is 1.